The molecule has 0 radical (unpaired) electrons. The average molecular weight is 402 g/mol. The Morgan fingerprint density at radius 3 is 2.61 bits per heavy atom. The molecule has 2 aliphatic heterocycles. The highest BCUT2D eigenvalue weighted by Crippen LogP contribution is 2.37. The first-order valence-electron chi connectivity index (χ1n) is 11.0. The fourth-order valence-corrected chi connectivity index (χ4v) is 6.14. The summed E-state index contributed by atoms with van der Waals surface area (Å²) in [5, 5.41) is 3.54. The van der Waals surface area contributed by atoms with Gasteiger partial charge in [-0.25, -0.2) is 9.97 Å². The van der Waals surface area contributed by atoms with Crippen LogP contribution in [0.3, 0.4) is 0 Å². The maximum absolute atomic E-state index is 6.55. The molecule has 2 aromatic heterocycles. The topological polar surface area (TPSA) is 58.3 Å². The molecule has 0 aliphatic carbocycles. The van der Waals surface area contributed by atoms with Gasteiger partial charge >= 0.3 is 0 Å². The maximum Gasteiger partial charge on any atom is 0.141 e. The number of anilines is 1. The quantitative estimate of drug-likeness (QED) is 0.785. The first-order chi connectivity index (χ1) is 13.5. The van der Waals surface area contributed by atoms with E-state index in [1.165, 1.54) is 49.6 Å². The number of hydrogen-bond donors (Lipinski definition) is 1. The second-order valence-electron chi connectivity index (χ2n) is 9.16. The molecule has 0 spiro atoms. The molecule has 4 rings (SSSR count). The van der Waals surface area contributed by atoms with Crippen molar-refractivity contribution in [3.05, 3.63) is 17.3 Å². The van der Waals surface area contributed by atoms with Crippen LogP contribution in [0.25, 0.3) is 10.2 Å². The molecule has 5 nitrogen and oxygen atoms in total. The van der Waals surface area contributed by atoms with E-state index in [1.807, 2.05) is 0 Å². The van der Waals surface area contributed by atoms with Gasteiger partial charge in [0.2, 0.25) is 0 Å². The van der Waals surface area contributed by atoms with Gasteiger partial charge in [0.05, 0.1) is 5.39 Å². The Labute approximate surface area is 173 Å². The van der Waals surface area contributed by atoms with Crippen LogP contribution >= 0.6 is 11.3 Å². The highest BCUT2D eigenvalue weighted by Gasteiger charge is 2.27. The highest BCUT2D eigenvalue weighted by atomic mass is 32.1. The Morgan fingerprint density at radius 1 is 1.14 bits per heavy atom. The molecule has 154 valence electrons. The summed E-state index contributed by atoms with van der Waals surface area (Å²) in [7, 11) is 2.25. The van der Waals surface area contributed by atoms with Crippen LogP contribution in [0.5, 0.6) is 0 Å². The molecule has 2 aliphatic rings. The lowest BCUT2D eigenvalue weighted by molar-refractivity contribution is 0.260. The van der Waals surface area contributed by atoms with Crippen molar-refractivity contribution >= 4 is 27.4 Å². The number of thiophene rings is 1. The summed E-state index contributed by atoms with van der Waals surface area (Å²) < 4.78 is 0. The number of rotatable bonds is 6. The molecule has 2 fully saturated rings. The predicted molar refractivity (Wildman–Crippen MR) is 119 cm³/mol. The van der Waals surface area contributed by atoms with E-state index in [-0.39, 0.29) is 0 Å². The number of hydrogen-bond acceptors (Lipinski definition) is 6. The largest absolute Gasteiger partial charge is 0.356 e. The Bertz CT molecular complexity index is 780. The highest BCUT2D eigenvalue weighted by molar-refractivity contribution is 7.17. The Hall–Kier alpha value is -1.24. The molecular formula is C22H35N5S. The zero-order chi connectivity index (χ0) is 19.7. The first kappa shape index (κ1) is 20.0. The van der Waals surface area contributed by atoms with Gasteiger partial charge in [-0.3, -0.25) is 0 Å². The van der Waals surface area contributed by atoms with Gasteiger partial charge in [-0.1, -0.05) is 13.8 Å². The van der Waals surface area contributed by atoms with E-state index >= 15 is 0 Å². The van der Waals surface area contributed by atoms with Crippen LogP contribution < -0.4 is 10.6 Å². The molecule has 6 heteroatoms. The number of fused-ring (bicyclic) bond motifs is 1. The third-order valence-corrected chi connectivity index (χ3v) is 7.70. The zero-order valence-corrected chi connectivity index (χ0v) is 18.4. The maximum atomic E-state index is 6.55. The van der Waals surface area contributed by atoms with E-state index in [0.29, 0.717) is 18.0 Å². The van der Waals surface area contributed by atoms with Crippen molar-refractivity contribution in [2.75, 3.05) is 31.6 Å². The lowest BCUT2D eigenvalue weighted by Crippen LogP contribution is -2.38. The Balaban J connectivity index is 1.37. The second-order valence-corrected chi connectivity index (χ2v) is 10.0. The van der Waals surface area contributed by atoms with Crippen molar-refractivity contribution in [2.45, 2.75) is 70.4 Å². The first-order valence-corrected chi connectivity index (χ1v) is 11.8. The lowest BCUT2D eigenvalue weighted by Gasteiger charge is -2.35. The number of aromatic nitrogens is 2. The van der Waals surface area contributed by atoms with E-state index in [1.54, 1.807) is 17.7 Å². The number of nitrogens with two attached hydrogens (primary N) is 1. The SMILES string of the molecule is CC(C)c1csc2ncnc(N3CCC(CC(N)CC4CCCN4C)CC3)c12. The summed E-state index contributed by atoms with van der Waals surface area (Å²) in [6.45, 7) is 7.92. The molecule has 2 N–H and O–H groups in total. The third-order valence-electron chi connectivity index (χ3n) is 6.80. The van der Waals surface area contributed by atoms with Crippen molar-refractivity contribution in [3.8, 4) is 0 Å². The minimum absolute atomic E-state index is 0.345. The number of piperidine rings is 1. The fraction of sp³-hybridized carbons (Fsp3) is 0.727. The average Bonchev–Trinajstić information content (AvgIpc) is 3.29. The Morgan fingerprint density at radius 2 is 1.93 bits per heavy atom. The summed E-state index contributed by atoms with van der Waals surface area (Å²) in [6, 6.07) is 1.05. The molecule has 2 unspecified atom stereocenters. The monoisotopic (exact) mass is 401 g/mol. The number of likely N-dealkylation sites (tertiary alicyclic amines) is 1. The van der Waals surface area contributed by atoms with Crippen molar-refractivity contribution < 1.29 is 0 Å². The van der Waals surface area contributed by atoms with Crippen LogP contribution in [0.15, 0.2) is 11.7 Å². The van der Waals surface area contributed by atoms with E-state index in [4.69, 9.17) is 10.7 Å². The predicted octanol–water partition coefficient (Wildman–Crippen LogP) is 4.23. The van der Waals surface area contributed by atoms with E-state index < -0.39 is 0 Å². The molecule has 28 heavy (non-hydrogen) atoms. The minimum atomic E-state index is 0.345. The van der Waals surface area contributed by atoms with Crippen LogP contribution in [0.1, 0.15) is 63.9 Å². The summed E-state index contributed by atoms with van der Waals surface area (Å²) in [6.07, 6.45) is 9.18. The molecule has 4 heterocycles. The van der Waals surface area contributed by atoms with Crippen molar-refractivity contribution in [1.82, 2.24) is 14.9 Å². The van der Waals surface area contributed by atoms with Gasteiger partial charge in [0.1, 0.15) is 17.0 Å². The molecule has 0 amide bonds. The van der Waals surface area contributed by atoms with Gasteiger partial charge in [0.15, 0.2) is 0 Å². The minimum Gasteiger partial charge on any atom is -0.356 e. The van der Waals surface area contributed by atoms with Crippen LogP contribution in [0.4, 0.5) is 5.82 Å². The Kier molecular flexibility index (Phi) is 6.18. The fourth-order valence-electron chi connectivity index (χ4n) is 5.08. The van der Waals surface area contributed by atoms with Crippen LogP contribution in [0, 0.1) is 5.92 Å². The van der Waals surface area contributed by atoms with Gasteiger partial charge in [-0.2, -0.15) is 0 Å². The van der Waals surface area contributed by atoms with Crippen LogP contribution in [-0.2, 0) is 0 Å². The van der Waals surface area contributed by atoms with Gasteiger partial charge in [0, 0.05) is 25.2 Å². The van der Waals surface area contributed by atoms with Gasteiger partial charge in [-0.15, -0.1) is 11.3 Å². The van der Waals surface area contributed by atoms with Crippen molar-refractivity contribution in [1.29, 1.82) is 0 Å². The second kappa shape index (κ2) is 8.64. The third kappa shape index (κ3) is 4.19. The summed E-state index contributed by atoms with van der Waals surface area (Å²) in [5.41, 5.74) is 7.94. The molecule has 2 aromatic rings. The van der Waals surface area contributed by atoms with E-state index in [9.17, 15) is 0 Å². The van der Waals surface area contributed by atoms with E-state index in [0.717, 1.165) is 36.1 Å². The van der Waals surface area contributed by atoms with Gasteiger partial charge in [-0.05, 0) is 74.9 Å². The van der Waals surface area contributed by atoms with Gasteiger partial charge in [0.25, 0.3) is 0 Å². The molecule has 0 saturated carbocycles. The van der Waals surface area contributed by atoms with E-state index in [2.05, 4.69) is 41.1 Å². The van der Waals surface area contributed by atoms with Gasteiger partial charge < -0.3 is 15.5 Å². The number of nitrogens with zero attached hydrogens (tertiary/aromatic N) is 4. The van der Waals surface area contributed by atoms with Crippen molar-refractivity contribution in [2.24, 2.45) is 11.7 Å². The smallest absolute Gasteiger partial charge is 0.141 e. The summed E-state index contributed by atoms with van der Waals surface area (Å²) in [5.74, 6) is 2.40. The molecule has 0 aromatic carbocycles. The van der Waals surface area contributed by atoms with Crippen molar-refractivity contribution in [3.63, 3.8) is 0 Å². The molecular weight excluding hydrogens is 366 g/mol. The summed E-state index contributed by atoms with van der Waals surface area (Å²) in [4.78, 5) is 15.3. The summed E-state index contributed by atoms with van der Waals surface area (Å²) >= 11 is 1.75. The van der Waals surface area contributed by atoms with Crippen LogP contribution in [-0.4, -0.2) is 53.6 Å². The lowest BCUT2D eigenvalue weighted by atomic mass is 9.88. The molecule has 2 saturated heterocycles. The normalized spacial score (nSPS) is 23.2. The molecule has 0 bridgehead atoms. The standard InChI is InChI=1S/C22H35N5S/c1-15(2)19-13-28-22-20(19)21(24-14-25-22)27-9-6-16(7-10-27)11-17(23)12-18-5-4-8-26(18)3/h13-18H,4-12,23H2,1-3H3. The molecule has 2 atom stereocenters. The van der Waals surface area contributed by atoms with Crippen LogP contribution in [0.2, 0.25) is 0 Å². The zero-order valence-electron chi connectivity index (χ0n) is 17.6.